The van der Waals surface area contributed by atoms with Gasteiger partial charge in [0.25, 0.3) is 0 Å². The number of carbonyl (C=O) groups is 2. The van der Waals surface area contributed by atoms with E-state index in [9.17, 15) is 9.59 Å². The van der Waals surface area contributed by atoms with Crippen LogP contribution < -0.4 is 14.8 Å². The summed E-state index contributed by atoms with van der Waals surface area (Å²) in [7, 11) is 5.24. The van der Waals surface area contributed by atoms with E-state index in [-0.39, 0.29) is 35.1 Å². The molecule has 190 valence electrons. The Morgan fingerprint density at radius 1 is 1.09 bits per heavy atom. The summed E-state index contributed by atoms with van der Waals surface area (Å²) in [5, 5.41) is 3.43. The van der Waals surface area contributed by atoms with Gasteiger partial charge < -0.3 is 19.7 Å². The second-order valence-electron chi connectivity index (χ2n) is 11.7. The molecule has 5 rings (SSSR count). The van der Waals surface area contributed by atoms with Crippen LogP contribution in [0.25, 0.3) is 0 Å². The first-order valence-electron chi connectivity index (χ1n) is 13.2. The van der Waals surface area contributed by atoms with E-state index in [0.29, 0.717) is 29.5 Å². The maximum Gasteiger partial charge on any atom is 0.246 e. The lowest BCUT2D eigenvalue weighted by atomic mass is 9.48. The first-order valence-corrected chi connectivity index (χ1v) is 13.2. The van der Waals surface area contributed by atoms with Crippen LogP contribution in [0.3, 0.4) is 0 Å². The van der Waals surface area contributed by atoms with Crippen molar-refractivity contribution in [3.05, 3.63) is 35.9 Å². The molecule has 1 aromatic carbocycles. The smallest absolute Gasteiger partial charge is 0.246 e. The summed E-state index contributed by atoms with van der Waals surface area (Å²) < 4.78 is 10.8. The van der Waals surface area contributed by atoms with Gasteiger partial charge in [-0.15, -0.1) is 0 Å². The summed E-state index contributed by atoms with van der Waals surface area (Å²) in [6, 6.07) is 6.11. The Balaban J connectivity index is 1.31. The molecule has 1 heterocycles. The van der Waals surface area contributed by atoms with Gasteiger partial charge in [-0.3, -0.25) is 9.59 Å². The fourth-order valence-electron chi connectivity index (χ4n) is 8.41. The zero-order chi connectivity index (χ0) is 25.0. The first kappa shape index (κ1) is 24.2. The summed E-state index contributed by atoms with van der Waals surface area (Å²) in [5.41, 5.74) is 1.03. The zero-order valence-electron chi connectivity index (χ0n) is 21.8. The van der Waals surface area contributed by atoms with Gasteiger partial charge in [0.2, 0.25) is 11.8 Å². The number of hydrogen-bond donors (Lipinski definition) is 1. The largest absolute Gasteiger partial charge is 0.497 e. The van der Waals surface area contributed by atoms with E-state index in [2.05, 4.69) is 25.2 Å². The molecular weight excluding hydrogens is 440 g/mol. The zero-order valence-corrected chi connectivity index (χ0v) is 21.8. The molecule has 3 fully saturated rings. The molecule has 0 radical (unpaired) electrons. The molecule has 1 N–H and O–H groups in total. The van der Waals surface area contributed by atoms with Crippen LogP contribution in [-0.2, 0) is 16.0 Å². The molecule has 0 aromatic heterocycles. The third-order valence-corrected chi connectivity index (χ3v) is 10.3. The number of fused-ring (bicyclic) bond motifs is 5. The highest BCUT2D eigenvalue weighted by Crippen LogP contribution is 2.63. The number of nitrogens with zero attached hydrogens (tertiary/aromatic N) is 1. The van der Waals surface area contributed by atoms with Crippen LogP contribution in [-0.4, -0.2) is 50.1 Å². The van der Waals surface area contributed by atoms with Crippen molar-refractivity contribution >= 4 is 11.8 Å². The SMILES string of the molecule is COc1ccc(OC)c(CC(=O)NC2CC[C@H]3[C@@H]4CCC5N(C)C(=O)C=C[C@]5(C)[C@@H]4CC[C@]23C)c1. The van der Waals surface area contributed by atoms with Gasteiger partial charge in [0.15, 0.2) is 0 Å². The highest BCUT2D eigenvalue weighted by molar-refractivity contribution is 5.89. The number of amides is 2. The van der Waals surface area contributed by atoms with Crippen LogP contribution in [0.1, 0.15) is 57.9 Å². The quantitative estimate of drug-likeness (QED) is 0.680. The minimum atomic E-state index is 0.0524. The van der Waals surface area contributed by atoms with Crippen molar-refractivity contribution in [3.8, 4) is 11.5 Å². The Kier molecular flexibility index (Phi) is 6.13. The summed E-state index contributed by atoms with van der Waals surface area (Å²) in [6.07, 6.45) is 11.1. The summed E-state index contributed by atoms with van der Waals surface area (Å²) >= 11 is 0. The maximum absolute atomic E-state index is 13.2. The highest BCUT2D eigenvalue weighted by atomic mass is 16.5. The van der Waals surface area contributed by atoms with Crippen LogP contribution in [0, 0.1) is 28.6 Å². The van der Waals surface area contributed by atoms with Crippen LogP contribution in [0.5, 0.6) is 11.5 Å². The molecule has 0 spiro atoms. The Hall–Kier alpha value is -2.50. The molecule has 2 amide bonds. The van der Waals surface area contributed by atoms with Crippen molar-refractivity contribution in [1.82, 2.24) is 10.2 Å². The lowest BCUT2D eigenvalue weighted by Crippen LogP contribution is -2.60. The predicted octanol–water partition coefficient (Wildman–Crippen LogP) is 4.37. The normalized spacial score (nSPS) is 37.8. The molecule has 0 saturated heterocycles. The van der Waals surface area contributed by atoms with Gasteiger partial charge in [0.1, 0.15) is 11.5 Å². The van der Waals surface area contributed by atoms with Crippen LogP contribution in [0.15, 0.2) is 30.4 Å². The van der Waals surface area contributed by atoms with Crippen molar-refractivity contribution < 1.29 is 19.1 Å². The Labute approximate surface area is 209 Å². The number of carbonyl (C=O) groups excluding carboxylic acids is 2. The molecule has 6 nitrogen and oxygen atoms in total. The summed E-state index contributed by atoms with van der Waals surface area (Å²) in [4.78, 5) is 27.5. The van der Waals surface area contributed by atoms with Crippen LogP contribution in [0.2, 0.25) is 0 Å². The monoisotopic (exact) mass is 480 g/mol. The lowest BCUT2D eigenvalue weighted by molar-refractivity contribution is -0.138. The van der Waals surface area contributed by atoms with Gasteiger partial charge in [-0.05, 0) is 86.0 Å². The van der Waals surface area contributed by atoms with E-state index in [1.54, 1.807) is 20.3 Å². The van der Waals surface area contributed by atoms with Crippen LogP contribution >= 0.6 is 0 Å². The minimum Gasteiger partial charge on any atom is -0.497 e. The number of hydrogen-bond acceptors (Lipinski definition) is 4. The molecule has 7 atom stereocenters. The van der Waals surface area contributed by atoms with E-state index in [0.717, 1.165) is 37.0 Å². The van der Waals surface area contributed by atoms with E-state index < -0.39 is 0 Å². The molecule has 6 heteroatoms. The van der Waals surface area contributed by atoms with Gasteiger partial charge in [-0.25, -0.2) is 0 Å². The Morgan fingerprint density at radius 2 is 1.89 bits per heavy atom. The second kappa shape index (κ2) is 8.86. The van der Waals surface area contributed by atoms with Crippen molar-refractivity contribution in [2.75, 3.05) is 21.3 Å². The van der Waals surface area contributed by atoms with E-state index in [4.69, 9.17) is 9.47 Å². The average molecular weight is 481 g/mol. The van der Waals surface area contributed by atoms with E-state index in [1.807, 2.05) is 30.1 Å². The number of likely N-dealkylation sites (N-methyl/N-ethyl adjacent to an activating group) is 1. The van der Waals surface area contributed by atoms with Crippen molar-refractivity contribution in [2.24, 2.45) is 28.6 Å². The van der Waals surface area contributed by atoms with Gasteiger partial charge >= 0.3 is 0 Å². The van der Waals surface area contributed by atoms with Gasteiger partial charge in [0.05, 0.1) is 20.6 Å². The number of rotatable bonds is 5. The van der Waals surface area contributed by atoms with E-state index in [1.165, 1.54) is 12.8 Å². The number of nitrogens with one attached hydrogen (secondary N) is 1. The molecule has 3 aliphatic carbocycles. The molecular formula is C29H40N2O4. The molecule has 35 heavy (non-hydrogen) atoms. The van der Waals surface area contributed by atoms with Gasteiger partial charge in [-0.1, -0.05) is 19.9 Å². The third-order valence-electron chi connectivity index (χ3n) is 10.3. The fraction of sp³-hybridized carbons (Fsp3) is 0.655. The average Bonchev–Trinajstić information content (AvgIpc) is 3.17. The molecule has 0 bridgehead atoms. The number of ether oxygens (including phenoxy) is 2. The topological polar surface area (TPSA) is 67.9 Å². The van der Waals surface area contributed by atoms with Crippen molar-refractivity contribution in [3.63, 3.8) is 0 Å². The third kappa shape index (κ3) is 3.84. The maximum atomic E-state index is 13.2. The standard InChI is InChI=1S/C29H40N2O4/c1-28-14-12-22-20(7-11-25-29(22,2)15-13-27(33)31(25)3)21(28)8-10-24(28)30-26(32)17-18-16-19(34-4)6-9-23(18)35-5/h6,9,13,15-16,20-22,24-25H,7-8,10-12,14,17H2,1-5H3,(H,30,32)/t20-,21-,22+,24?,25?,28-,29+/m0/s1. The first-order chi connectivity index (χ1) is 16.7. The Morgan fingerprint density at radius 3 is 2.63 bits per heavy atom. The number of methoxy groups -OCH3 is 2. The van der Waals surface area contributed by atoms with Gasteiger partial charge in [0, 0.05) is 30.1 Å². The molecule has 4 aliphatic rings. The molecule has 3 saturated carbocycles. The van der Waals surface area contributed by atoms with E-state index >= 15 is 0 Å². The Bertz CT molecular complexity index is 1040. The lowest BCUT2D eigenvalue weighted by Gasteiger charge is -2.60. The number of benzene rings is 1. The summed E-state index contributed by atoms with van der Waals surface area (Å²) in [5.74, 6) is 3.51. The molecule has 1 aromatic rings. The second-order valence-corrected chi connectivity index (χ2v) is 11.7. The van der Waals surface area contributed by atoms with Crippen molar-refractivity contribution in [1.29, 1.82) is 0 Å². The summed E-state index contributed by atoms with van der Waals surface area (Å²) in [6.45, 7) is 4.80. The predicted molar refractivity (Wildman–Crippen MR) is 135 cm³/mol. The van der Waals surface area contributed by atoms with Crippen molar-refractivity contribution in [2.45, 2.75) is 70.9 Å². The molecule has 1 aliphatic heterocycles. The van der Waals surface area contributed by atoms with Gasteiger partial charge in [-0.2, -0.15) is 0 Å². The fourth-order valence-corrected chi connectivity index (χ4v) is 8.41. The highest BCUT2D eigenvalue weighted by Gasteiger charge is 2.60. The minimum absolute atomic E-state index is 0.0524. The van der Waals surface area contributed by atoms with Crippen LogP contribution in [0.4, 0.5) is 0 Å². The molecule has 2 unspecified atom stereocenters.